The number of carbonyl (C=O) groups excluding carboxylic acids is 1. The first-order chi connectivity index (χ1) is 14.9. The van der Waals surface area contributed by atoms with Gasteiger partial charge in [-0.25, -0.2) is 4.98 Å². The molecule has 1 N–H and O–H groups in total. The van der Waals surface area contributed by atoms with E-state index < -0.39 is 11.7 Å². The zero-order valence-electron chi connectivity index (χ0n) is 17.4. The number of rotatable bonds is 5. The molecule has 166 valence electrons. The normalized spacial score (nSPS) is 18.0. The topological polar surface area (TPSA) is 48.5 Å². The van der Waals surface area contributed by atoms with E-state index in [0.29, 0.717) is 38.3 Å². The maximum absolute atomic E-state index is 12.7. The maximum atomic E-state index is 12.7. The van der Waals surface area contributed by atoms with Crippen LogP contribution in [0.5, 0.6) is 0 Å². The summed E-state index contributed by atoms with van der Waals surface area (Å²) in [7, 11) is 0. The summed E-state index contributed by atoms with van der Waals surface area (Å²) in [4.78, 5) is 20.8. The lowest BCUT2D eigenvalue weighted by molar-refractivity contribution is -0.137. The standard InChI is InChI=1S/C23H27F3N4O/c24-23(25,26)20-5-6-21(28-15-20)30-12-8-18(9-13-30)22(31)27-10-14-29-11-7-17-3-1-2-4-19(17)16-29/h1-6,15,18H,7-14,16H2,(H,27,31). The van der Waals surface area contributed by atoms with Crippen molar-refractivity contribution in [2.24, 2.45) is 5.92 Å². The molecule has 0 radical (unpaired) electrons. The van der Waals surface area contributed by atoms with Crippen molar-refractivity contribution in [3.63, 3.8) is 0 Å². The highest BCUT2D eigenvalue weighted by molar-refractivity contribution is 5.79. The Morgan fingerprint density at radius 3 is 2.48 bits per heavy atom. The first-order valence-corrected chi connectivity index (χ1v) is 10.8. The van der Waals surface area contributed by atoms with Gasteiger partial charge in [-0.05, 0) is 42.5 Å². The summed E-state index contributed by atoms with van der Waals surface area (Å²) >= 11 is 0. The third-order valence-electron chi connectivity index (χ3n) is 6.20. The van der Waals surface area contributed by atoms with Crippen molar-refractivity contribution < 1.29 is 18.0 Å². The number of fused-ring (bicyclic) bond motifs is 1. The fraction of sp³-hybridized carbons (Fsp3) is 0.478. The van der Waals surface area contributed by atoms with Crippen molar-refractivity contribution >= 4 is 11.7 Å². The van der Waals surface area contributed by atoms with Crippen molar-refractivity contribution in [1.82, 2.24) is 15.2 Å². The van der Waals surface area contributed by atoms with Crippen LogP contribution in [0.1, 0.15) is 29.5 Å². The van der Waals surface area contributed by atoms with Gasteiger partial charge in [0.25, 0.3) is 0 Å². The van der Waals surface area contributed by atoms with Gasteiger partial charge in [0.1, 0.15) is 5.82 Å². The van der Waals surface area contributed by atoms with E-state index in [9.17, 15) is 18.0 Å². The summed E-state index contributed by atoms with van der Waals surface area (Å²) in [5, 5.41) is 3.06. The van der Waals surface area contributed by atoms with Gasteiger partial charge in [-0.2, -0.15) is 13.2 Å². The van der Waals surface area contributed by atoms with Crippen LogP contribution in [0.3, 0.4) is 0 Å². The Hall–Kier alpha value is -2.61. The van der Waals surface area contributed by atoms with E-state index >= 15 is 0 Å². The lowest BCUT2D eigenvalue weighted by atomic mass is 9.96. The Labute approximate surface area is 180 Å². The lowest BCUT2D eigenvalue weighted by Crippen LogP contribution is -2.43. The Balaban J connectivity index is 1.19. The molecule has 2 aliphatic rings. The van der Waals surface area contributed by atoms with Gasteiger partial charge in [-0.15, -0.1) is 0 Å². The number of hydrogen-bond acceptors (Lipinski definition) is 4. The molecule has 1 fully saturated rings. The highest BCUT2D eigenvalue weighted by atomic mass is 19.4. The molecule has 5 nitrogen and oxygen atoms in total. The Morgan fingerprint density at radius 1 is 1.06 bits per heavy atom. The van der Waals surface area contributed by atoms with Gasteiger partial charge in [0, 0.05) is 51.4 Å². The molecule has 0 saturated carbocycles. The number of hydrogen-bond donors (Lipinski definition) is 1. The number of anilines is 1. The van der Waals surface area contributed by atoms with Crippen LogP contribution in [-0.4, -0.2) is 48.5 Å². The van der Waals surface area contributed by atoms with Gasteiger partial charge in [0.15, 0.2) is 0 Å². The second kappa shape index (κ2) is 9.26. The lowest BCUT2D eigenvalue weighted by Gasteiger charge is -2.32. The summed E-state index contributed by atoms with van der Waals surface area (Å²) in [5.41, 5.74) is 2.03. The summed E-state index contributed by atoms with van der Waals surface area (Å²) in [6.45, 7) is 4.60. The van der Waals surface area contributed by atoms with E-state index in [1.807, 2.05) is 4.90 Å². The maximum Gasteiger partial charge on any atom is 0.417 e. The van der Waals surface area contributed by atoms with Crippen LogP contribution in [0.15, 0.2) is 42.6 Å². The second-order valence-corrected chi connectivity index (χ2v) is 8.25. The Bertz CT molecular complexity index is 892. The zero-order chi connectivity index (χ0) is 21.8. The number of alkyl halides is 3. The molecular formula is C23H27F3N4O. The van der Waals surface area contributed by atoms with Crippen LogP contribution in [0.2, 0.25) is 0 Å². The van der Waals surface area contributed by atoms with Gasteiger partial charge in [0.05, 0.1) is 5.56 Å². The van der Waals surface area contributed by atoms with E-state index in [-0.39, 0.29) is 11.8 Å². The molecule has 0 bridgehead atoms. The average molecular weight is 432 g/mol. The summed E-state index contributed by atoms with van der Waals surface area (Å²) in [5.74, 6) is 0.530. The van der Waals surface area contributed by atoms with Crippen molar-refractivity contribution in [2.75, 3.05) is 37.6 Å². The van der Waals surface area contributed by atoms with Gasteiger partial charge < -0.3 is 10.2 Å². The summed E-state index contributed by atoms with van der Waals surface area (Å²) in [6, 6.07) is 10.9. The molecule has 1 aromatic carbocycles. The van der Waals surface area contributed by atoms with Crippen molar-refractivity contribution in [3.8, 4) is 0 Å². The van der Waals surface area contributed by atoms with E-state index in [2.05, 4.69) is 39.5 Å². The molecule has 0 spiro atoms. The summed E-state index contributed by atoms with van der Waals surface area (Å²) < 4.78 is 38.1. The molecule has 2 aliphatic heterocycles. The molecular weight excluding hydrogens is 405 g/mol. The van der Waals surface area contributed by atoms with Gasteiger partial charge in [-0.3, -0.25) is 9.69 Å². The molecule has 2 aromatic rings. The largest absolute Gasteiger partial charge is 0.417 e. The fourth-order valence-corrected chi connectivity index (χ4v) is 4.34. The first-order valence-electron chi connectivity index (χ1n) is 10.8. The van der Waals surface area contributed by atoms with Crippen molar-refractivity contribution in [1.29, 1.82) is 0 Å². The van der Waals surface area contributed by atoms with Gasteiger partial charge in [-0.1, -0.05) is 24.3 Å². The zero-order valence-corrected chi connectivity index (χ0v) is 17.4. The predicted molar refractivity (Wildman–Crippen MR) is 113 cm³/mol. The van der Waals surface area contributed by atoms with Crippen LogP contribution < -0.4 is 10.2 Å². The molecule has 8 heteroatoms. The second-order valence-electron chi connectivity index (χ2n) is 8.25. The minimum Gasteiger partial charge on any atom is -0.357 e. The SMILES string of the molecule is O=C(NCCN1CCc2ccccc2C1)C1CCN(c2ccc(C(F)(F)F)cn2)CC1. The third kappa shape index (κ3) is 5.36. The Kier molecular flexibility index (Phi) is 6.46. The highest BCUT2D eigenvalue weighted by Crippen LogP contribution is 2.30. The van der Waals surface area contributed by atoms with Crippen LogP contribution >= 0.6 is 0 Å². The number of nitrogens with one attached hydrogen (secondary N) is 1. The molecule has 1 saturated heterocycles. The molecule has 31 heavy (non-hydrogen) atoms. The van der Waals surface area contributed by atoms with Gasteiger partial charge in [0.2, 0.25) is 5.91 Å². The smallest absolute Gasteiger partial charge is 0.357 e. The number of aromatic nitrogens is 1. The molecule has 0 aliphatic carbocycles. The molecule has 3 heterocycles. The number of halogens is 3. The van der Waals surface area contributed by atoms with Gasteiger partial charge >= 0.3 is 6.18 Å². The van der Waals surface area contributed by atoms with E-state index in [1.165, 1.54) is 17.2 Å². The minimum absolute atomic E-state index is 0.0622. The molecule has 0 atom stereocenters. The summed E-state index contributed by atoms with van der Waals surface area (Å²) in [6.07, 6.45) is -1.13. The van der Waals surface area contributed by atoms with Crippen LogP contribution in [-0.2, 0) is 23.9 Å². The van der Waals surface area contributed by atoms with Crippen LogP contribution in [0.25, 0.3) is 0 Å². The fourth-order valence-electron chi connectivity index (χ4n) is 4.34. The van der Waals surface area contributed by atoms with Crippen molar-refractivity contribution in [3.05, 3.63) is 59.3 Å². The number of nitrogens with zero attached hydrogens (tertiary/aromatic N) is 3. The molecule has 1 amide bonds. The molecule has 0 unspecified atom stereocenters. The van der Waals surface area contributed by atoms with Crippen LogP contribution in [0.4, 0.5) is 19.0 Å². The number of carbonyl (C=O) groups is 1. The quantitative estimate of drug-likeness (QED) is 0.786. The molecule has 1 aromatic heterocycles. The molecule has 4 rings (SSSR count). The van der Waals surface area contributed by atoms with E-state index in [1.54, 1.807) is 0 Å². The third-order valence-corrected chi connectivity index (χ3v) is 6.20. The first kappa shape index (κ1) is 21.6. The number of amides is 1. The Morgan fingerprint density at radius 2 is 1.81 bits per heavy atom. The minimum atomic E-state index is -4.38. The highest BCUT2D eigenvalue weighted by Gasteiger charge is 2.31. The van der Waals surface area contributed by atoms with E-state index in [4.69, 9.17) is 0 Å². The average Bonchev–Trinajstić information content (AvgIpc) is 2.78. The van der Waals surface area contributed by atoms with Crippen molar-refractivity contribution in [2.45, 2.75) is 32.0 Å². The number of benzene rings is 1. The van der Waals surface area contributed by atoms with E-state index in [0.717, 1.165) is 38.3 Å². The predicted octanol–water partition coefficient (Wildman–Crippen LogP) is 3.49. The monoisotopic (exact) mass is 432 g/mol. The number of piperidine rings is 1. The van der Waals surface area contributed by atoms with Crippen LogP contribution in [0, 0.1) is 5.92 Å². The number of pyridine rings is 1.